The van der Waals surface area contributed by atoms with Gasteiger partial charge in [0.1, 0.15) is 0 Å². The lowest BCUT2D eigenvalue weighted by Crippen LogP contribution is -2.34. The number of amides is 2. The van der Waals surface area contributed by atoms with Gasteiger partial charge in [0, 0.05) is 61.6 Å². The molecule has 3 N–H and O–H groups in total. The van der Waals surface area contributed by atoms with Crippen LogP contribution in [0, 0.1) is 0 Å². The van der Waals surface area contributed by atoms with Crippen molar-refractivity contribution >= 4 is 17.5 Å². The molecule has 3 heterocycles. The summed E-state index contributed by atoms with van der Waals surface area (Å²) < 4.78 is 0. The van der Waals surface area contributed by atoms with E-state index in [-0.39, 0.29) is 11.8 Å². The highest BCUT2D eigenvalue weighted by atomic mass is 16.2. The standard InChI is InChI=1S/C26H32N6O2/c33-25(30-13-10-23-18-29-19-31-23)20-8-9-24-22(15-20)17-27-11-4-2-1-3-5-14-32(24)26(34)21-7-6-12-28-16-21/h6-9,12,15-16,18-19,27H,1-5,10-11,13-14,17H2,(H,29,31)(H,30,33). The predicted octanol–water partition coefficient (Wildman–Crippen LogP) is 3.48. The summed E-state index contributed by atoms with van der Waals surface area (Å²) in [7, 11) is 0. The molecule has 8 nitrogen and oxygen atoms in total. The van der Waals surface area contributed by atoms with Crippen LogP contribution in [0.2, 0.25) is 0 Å². The number of imidazole rings is 1. The fourth-order valence-electron chi connectivity index (χ4n) is 4.22. The van der Waals surface area contributed by atoms with Crippen LogP contribution < -0.4 is 15.5 Å². The molecule has 0 atom stereocenters. The number of hydrogen-bond donors (Lipinski definition) is 3. The van der Waals surface area contributed by atoms with Gasteiger partial charge in [-0.05, 0) is 55.3 Å². The van der Waals surface area contributed by atoms with Crippen molar-refractivity contribution in [1.29, 1.82) is 0 Å². The lowest BCUT2D eigenvalue weighted by atomic mass is 10.0. The zero-order valence-electron chi connectivity index (χ0n) is 19.4. The summed E-state index contributed by atoms with van der Waals surface area (Å²) in [6.07, 6.45) is 12.8. The van der Waals surface area contributed by atoms with Gasteiger partial charge in [0.2, 0.25) is 0 Å². The quantitative estimate of drug-likeness (QED) is 0.541. The van der Waals surface area contributed by atoms with Crippen LogP contribution in [-0.4, -0.2) is 46.4 Å². The number of carbonyl (C=O) groups is 2. The molecule has 0 unspecified atom stereocenters. The van der Waals surface area contributed by atoms with E-state index in [1.165, 1.54) is 12.8 Å². The monoisotopic (exact) mass is 460 g/mol. The van der Waals surface area contributed by atoms with Gasteiger partial charge in [-0.1, -0.05) is 19.3 Å². The molecule has 34 heavy (non-hydrogen) atoms. The second-order valence-electron chi connectivity index (χ2n) is 8.57. The minimum absolute atomic E-state index is 0.0665. The Bertz CT molecular complexity index is 1070. The Labute approximate surface area is 200 Å². The van der Waals surface area contributed by atoms with Crippen LogP contribution in [0.15, 0.2) is 55.2 Å². The van der Waals surface area contributed by atoms with Crippen LogP contribution in [0.1, 0.15) is 64.1 Å². The first-order chi connectivity index (χ1) is 16.7. The van der Waals surface area contributed by atoms with Crippen LogP contribution in [-0.2, 0) is 13.0 Å². The molecule has 4 rings (SSSR count). The SMILES string of the molecule is O=C(NCCc1cnc[nH]1)c1ccc2c(c1)CNCCCCCCCN2C(=O)c1cccnc1. The Morgan fingerprint density at radius 2 is 1.88 bits per heavy atom. The third kappa shape index (κ3) is 6.29. The molecule has 2 aromatic heterocycles. The summed E-state index contributed by atoms with van der Waals surface area (Å²) in [6, 6.07) is 9.19. The lowest BCUT2D eigenvalue weighted by Gasteiger charge is -2.26. The molecule has 1 aliphatic rings. The van der Waals surface area contributed by atoms with Gasteiger partial charge in [-0.25, -0.2) is 4.98 Å². The second-order valence-corrected chi connectivity index (χ2v) is 8.57. The Hall–Kier alpha value is -3.52. The highest BCUT2D eigenvalue weighted by molar-refractivity contribution is 6.06. The van der Waals surface area contributed by atoms with Gasteiger partial charge in [-0.3, -0.25) is 14.6 Å². The first-order valence-electron chi connectivity index (χ1n) is 12.0. The number of rotatable bonds is 5. The predicted molar refractivity (Wildman–Crippen MR) is 132 cm³/mol. The molecular formula is C26H32N6O2. The first-order valence-corrected chi connectivity index (χ1v) is 12.0. The maximum absolute atomic E-state index is 13.4. The number of carbonyl (C=O) groups excluding carboxylic acids is 2. The third-order valence-corrected chi connectivity index (χ3v) is 6.07. The first kappa shape index (κ1) is 23.6. The molecule has 0 radical (unpaired) electrons. The Kier molecular flexibility index (Phi) is 8.40. The fraction of sp³-hybridized carbons (Fsp3) is 0.385. The second kappa shape index (κ2) is 12.1. The largest absolute Gasteiger partial charge is 0.352 e. The molecule has 0 bridgehead atoms. The van der Waals surface area contributed by atoms with E-state index in [9.17, 15) is 9.59 Å². The van der Waals surface area contributed by atoms with Gasteiger partial charge in [-0.2, -0.15) is 0 Å². The van der Waals surface area contributed by atoms with Crippen LogP contribution >= 0.6 is 0 Å². The molecule has 0 saturated heterocycles. The maximum atomic E-state index is 13.4. The number of nitrogens with one attached hydrogen (secondary N) is 3. The summed E-state index contributed by atoms with van der Waals surface area (Å²) in [6.45, 7) is 2.66. The summed E-state index contributed by atoms with van der Waals surface area (Å²) in [5, 5.41) is 6.47. The molecular weight excluding hydrogens is 428 g/mol. The van der Waals surface area contributed by atoms with E-state index in [1.807, 2.05) is 17.0 Å². The Balaban J connectivity index is 1.56. The molecule has 0 fully saturated rings. The van der Waals surface area contributed by atoms with Crippen molar-refractivity contribution in [3.8, 4) is 0 Å². The van der Waals surface area contributed by atoms with Crippen molar-refractivity contribution in [2.45, 2.75) is 45.1 Å². The minimum atomic E-state index is -0.126. The summed E-state index contributed by atoms with van der Waals surface area (Å²) in [5.74, 6) is -0.193. The molecule has 2 amide bonds. The van der Waals surface area contributed by atoms with Crippen molar-refractivity contribution < 1.29 is 9.59 Å². The normalized spacial score (nSPS) is 15.0. The maximum Gasteiger partial charge on any atom is 0.259 e. The van der Waals surface area contributed by atoms with Crippen molar-refractivity contribution in [3.63, 3.8) is 0 Å². The van der Waals surface area contributed by atoms with Gasteiger partial charge in [0.25, 0.3) is 11.8 Å². The molecule has 0 saturated carbocycles. The Morgan fingerprint density at radius 3 is 2.71 bits per heavy atom. The Morgan fingerprint density at radius 1 is 1.00 bits per heavy atom. The molecule has 3 aromatic rings. The number of hydrogen-bond acceptors (Lipinski definition) is 5. The number of fused-ring (bicyclic) bond motifs is 1. The number of aromatic nitrogens is 3. The van der Waals surface area contributed by atoms with Crippen molar-refractivity contribution in [2.24, 2.45) is 0 Å². The minimum Gasteiger partial charge on any atom is -0.352 e. The highest BCUT2D eigenvalue weighted by Gasteiger charge is 2.22. The average Bonchev–Trinajstić information content (AvgIpc) is 3.38. The number of pyridine rings is 1. The smallest absolute Gasteiger partial charge is 0.259 e. The molecule has 1 aromatic carbocycles. The molecule has 0 aliphatic carbocycles. The van der Waals surface area contributed by atoms with Gasteiger partial charge >= 0.3 is 0 Å². The van der Waals surface area contributed by atoms with Crippen LogP contribution in [0.25, 0.3) is 0 Å². The zero-order valence-corrected chi connectivity index (χ0v) is 19.4. The van der Waals surface area contributed by atoms with E-state index in [1.54, 1.807) is 43.1 Å². The highest BCUT2D eigenvalue weighted by Crippen LogP contribution is 2.25. The van der Waals surface area contributed by atoms with E-state index in [0.717, 1.165) is 42.8 Å². The van der Waals surface area contributed by atoms with E-state index >= 15 is 0 Å². The van der Waals surface area contributed by atoms with E-state index in [4.69, 9.17) is 0 Å². The fourth-order valence-corrected chi connectivity index (χ4v) is 4.22. The van der Waals surface area contributed by atoms with Crippen LogP contribution in [0.3, 0.4) is 0 Å². The summed E-state index contributed by atoms with van der Waals surface area (Å²) in [4.78, 5) is 39.3. The van der Waals surface area contributed by atoms with Gasteiger partial charge in [0.15, 0.2) is 0 Å². The van der Waals surface area contributed by atoms with E-state index in [2.05, 4.69) is 25.6 Å². The van der Waals surface area contributed by atoms with E-state index < -0.39 is 0 Å². The third-order valence-electron chi connectivity index (χ3n) is 6.07. The van der Waals surface area contributed by atoms with Gasteiger partial charge in [0.05, 0.1) is 11.9 Å². The van der Waals surface area contributed by atoms with Crippen molar-refractivity contribution in [2.75, 3.05) is 24.5 Å². The number of benzene rings is 1. The topological polar surface area (TPSA) is 103 Å². The van der Waals surface area contributed by atoms with E-state index in [0.29, 0.717) is 37.2 Å². The van der Waals surface area contributed by atoms with Crippen LogP contribution in [0.4, 0.5) is 5.69 Å². The number of anilines is 1. The molecule has 1 aliphatic heterocycles. The molecule has 0 spiro atoms. The number of aromatic amines is 1. The van der Waals surface area contributed by atoms with Crippen molar-refractivity contribution in [1.82, 2.24) is 25.6 Å². The van der Waals surface area contributed by atoms with Gasteiger partial charge < -0.3 is 20.5 Å². The summed E-state index contributed by atoms with van der Waals surface area (Å²) >= 11 is 0. The lowest BCUT2D eigenvalue weighted by molar-refractivity contribution is 0.0953. The number of H-pyrrole nitrogens is 1. The van der Waals surface area contributed by atoms with Gasteiger partial charge in [-0.15, -0.1) is 0 Å². The average molecular weight is 461 g/mol. The zero-order chi connectivity index (χ0) is 23.6. The summed E-state index contributed by atoms with van der Waals surface area (Å²) in [5.41, 5.74) is 3.92. The van der Waals surface area contributed by atoms with Crippen LogP contribution in [0.5, 0.6) is 0 Å². The molecule has 178 valence electrons. The number of nitrogens with zero attached hydrogens (tertiary/aromatic N) is 3. The molecule has 8 heteroatoms. The van der Waals surface area contributed by atoms with Crippen molar-refractivity contribution in [3.05, 3.63) is 77.6 Å².